The zero-order chi connectivity index (χ0) is 14.1. The van der Waals surface area contributed by atoms with Gasteiger partial charge in [0.2, 0.25) is 0 Å². The highest BCUT2D eigenvalue weighted by Gasteiger charge is 2.08. The van der Waals surface area contributed by atoms with Crippen LogP contribution in [0, 0.1) is 11.3 Å². The average Bonchev–Trinajstić information content (AvgIpc) is 2.90. The van der Waals surface area contributed by atoms with E-state index in [4.69, 9.17) is 10.4 Å². The first-order valence-corrected chi connectivity index (χ1v) is 5.90. The molecule has 0 radical (unpaired) electrons. The van der Waals surface area contributed by atoms with Crippen LogP contribution >= 0.6 is 17.0 Å². The van der Waals surface area contributed by atoms with Crippen LogP contribution in [0.25, 0.3) is 16.9 Å². The van der Waals surface area contributed by atoms with Crippen LogP contribution in [-0.4, -0.2) is 20.5 Å². The van der Waals surface area contributed by atoms with Gasteiger partial charge in [0, 0.05) is 18.0 Å². The molecule has 6 heteroatoms. The average molecular weight is 344 g/mol. The van der Waals surface area contributed by atoms with Crippen molar-refractivity contribution < 1.29 is 9.90 Å². The second-order valence-corrected chi connectivity index (χ2v) is 4.30. The monoisotopic (exact) mass is 343 g/mol. The zero-order valence-corrected chi connectivity index (χ0v) is 12.4. The Bertz CT molecular complexity index is 847. The summed E-state index contributed by atoms with van der Waals surface area (Å²) in [6, 6.07) is 12.2. The van der Waals surface area contributed by atoms with Crippen LogP contribution in [-0.2, 0) is 0 Å². The van der Waals surface area contributed by atoms with Gasteiger partial charge in [-0.3, -0.25) is 0 Å². The Hall–Kier alpha value is -2.65. The number of rotatable bonds is 2. The van der Waals surface area contributed by atoms with E-state index in [1.54, 1.807) is 22.7 Å². The van der Waals surface area contributed by atoms with Gasteiger partial charge in [-0.25, -0.2) is 9.78 Å². The number of carboxylic acid groups (broad SMARTS) is 1. The fourth-order valence-electron chi connectivity index (χ4n) is 1.97. The molecule has 21 heavy (non-hydrogen) atoms. The quantitative estimate of drug-likeness (QED) is 0.775. The number of carbonyl (C=O) groups is 1. The van der Waals surface area contributed by atoms with Gasteiger partial charge in [0.1, 0.15) is 5.65 Å². The molecular weight excluding hydrogens is 334 g/mol. The minimum Gasteiger partial charge on any atom is -0.478 e. The van der Waals surface area contributed by atoms with Crippen LogP contribution in [0.1, 0.15) is 15.9 Å². The Balaban J connectivity index is 0.00000161. The molecule has 0 aliphatic rings. The van der Waals surface area contributed by atoms with Gasteiger partial charge in [-0.05, 0) is 24.3 Å². The molecule has 3 aromatic rings. The van der Waals surface area contributed by atoms with Crippen molar-refractivity contribution in [1.82, 2.24) is 9.38 Å². The van der Waals surface area contributed by atoms with Crippen LogP contribution in [0.4, 0.5) is 0 Å². The molecular formula is C15H10BrN3O2. The summed E-state index contributed by atoms with van der Waals surface area (Å²) in [5.41, 5.74) is 2.98. The van der Waals surface area contributed by atoms with E-state index in [0.717, 1.165) is 11.3 Å². The lowest BCUT2D eigenvalue weighted by Crippen LogP contribution is -1.96. The summed E-state index contributed by atoms with van der Waals surface area (Å²) in [7, 11) is 0. The van der Waals surface area contributed by atoms with E-state index >= 15 is 0 Å². The van der Waals surface area contributed by atoms with E-state index in [2.05, 4.69) is 11.1 Å². The molecule has 0 fully saturated rings. The number of hydrogen-bond acceptors (Lipinski definition) is 3. The Morgan fingerprint density at radius 1 is 1.24 bits per heavy atom. The molecule has 0 spiro atoms. The second kappa shape index (κ2) is 5.77. The predicted molar refractivity (Wildman–Crippen MR) is 82.6 cm³/mol. The van der Waals surface area contributed by atoms with Gasteiger partial charge in [-0.1, -0.05) is 12.1 Å². The highest BCUT2D eigenvalue weighted by Crippen LogP contribution is 2.20. The van der Waals surface area contributed by atoms with Gasteiger partial charge in [0.25, 0.3) is 0 Å². The molecule has 104 valence electrons. The van der Waals surface area contributed by atoms with E-state index in [-0.39, 0.29) is 22.5 Å². The molecule has 0 atom stereocenters. The lowest BCUT2D eigenvalue weighted by molar-refractivity contribution is 0.0697. The summed E-state index contributed by atoms with van der Waals surface area (Å²) in [5.74, 6) is -0.976. The normalized spacial score (nSPS) is 9.86. The molecule has 3 rings (SSSR count). The van der Waals surface area contributed by atoms with Crippen LogP contribution in [0.2, 0.25) is 0 Å². The van der Waals surface area contributed by atoms with Crippen molar-refractivity contribution in [3.63, 3.8) is 0 Å². The summed E-state index contributed by atoms with van der Waals surface area (Å²) in [4.78, 5) is 15.3. The van der Waals surface area contributed by atoms with Crippen molar-refractivity contribution in [2.75, 3.05) is 0 Å². The summed E-state index contributed by atoms with van der Waals surface area (Å²) in [5, 5.41) is 17.7. The number of nitriles is 1. The molecule has 5 nitrogen and oxygen atoms in total. The van der Waals surface area contributed by atoms with Crippen molar-refractivity contribution in [3.05, 3.63) is 59.9 Å². The minimum absolute atomic E-state index is 0. The minimum atomic E-state index is -0.976. The molecule has 0 amide bonds. The van der Waals surface area contributed by atoms with E-state index in [1.807, 2.05) is 18.3 Å². The fourth-order valence-corrected chi connectivity index (χ4v) is 1.97. The Morgan fingerprint density at radius 2 is 1.95 bits per heavy atom. The predicted octanol–water partition coefficient (Wildman–Crippen LogP) is 3.15. The van der Waals surface area contributed by atoms with Gasteiger partial charge in [-0.15, -0.1) is 17.0 Å². The third kappa shape index (κ3) is 2.78. The lowest BCUT2D eigenvalue weighted by Gasteiger charge is -1.94. The van der Waals surface area contributed by atoms with Gasteiger partial charge in [-0.2, -0.15) is 5.26 Å². The standard InChI is InChI=1S/C15H9N3O2.BrH/c16-8-10-1-3-11(4-2-10)13-9-18-6-5-12(15(19)20)7-14(18)17-13;/h1-7,9H,(H,19,20);1H. The van der Waals surface area contributed by atoms with Crippen LogP contribution in [0.3, 0.4) is 0 Å². The second-order valence-electron chi connectivity index (χ2n) is 4.30. The summed E-state index contributed by atoms with van der Waals surface area (Å²) in [6.45, 7) is 0. The van der Waals surface area contributed by atoms with Crippen molar-refractivity contribution in [2.24, 2.45) is 0 Å². The van der Waals surface area contributed by atoms with Crippen LogP contribution in [0.15, 0.2) is 48.8 Å². The smallest absolute Gasteiger partial charge is 0.335 e. The van der Waals surface area contributed by atoms with Crippen molar-refractivity contribution >= 4 is 28.6 Å². The number of aromatic carboxylic acids is 1. The van der Waals surface area contributed by atoms with E-state index in [0.29, 0.717) is 11.2 Å². The number of imidazole rings is 1. The number of halogens is 1. The molecule has 2 aromatic heterocycles. The molecule has 0 bridgehead atoms. The van der Waals surface area contributed by atoms with Crippen molar-refractivity contribution in [1.29, 1.82) is 5.26 Å². The number of aromatic nitrogens is 2. The maximum absolute atomic E-state index is 10.9. The third-order valence-corrected chi connectivity index (χ3v) is 3.02. The van der Waals surface area contributed by atoms with Crippen LogP contribution < -0.4 is 0 Å². The number of carboxylic acids is 1. The van der Waals surface area contributed by atoms with Crippen molar-refractivity contribution in [2.45, 2.75) is 0 Å². The maximum Gasteiger partial charge on any atom is 0.335 e. The number of benzene rings is 1. The molecule has 0 aliphatic carbocycles. The first kappa shape index (κ1) is 14.8. The van der Waals surface area contributed by atoms with Gasteiger partial charge < -0.3 is 9.51 Å². The Kier molecular flexibility index (Phi) is 4.05. The van der Waals surface area contributed by atoms with Crippen LogP contribution in [0.5, 0.6) is 0 Å². The topological polar surface area (TPSA) is 78.4 Å². The molecule has 0 saturated carbocycles. The molecule has 1 N–H and O–H groups in total. The highest BCUT2D eigenvalue weighted by molar-refractivity contribution is 8.93. The zero-order valence-electron chi connectivity index (χ0n) is 10.7. The number of hydrogen-bond donors (Lipinski definition) is 1. The molecule has 0 saturated heterocycles. The molecule has 0 aliphatic heterocycles. The molecule has 1 aromatic carbocycles. The molecule has 0 unspecified atom stereocenters. The third-order valence-electron chi connectivity index (χ3n) is 3.02. The largest absolute Gasteiger partial charge is 0.478 e. The Morgan fingerprint density at radius 3 is 2.57 bits per heavy atom. The summed E-state index contributed by atoms with van der Waals surface area (Å²) >= 11 is 0. The van der Waals surface area contributed by atoms with Gasteiger partial charge in [0.15, 0.2) is 0 Å². The number of nitrogens with zero attached hydrogens (tertiary/aromatic N) is 3. The lowest BCUT2D eigenvalue weighted by atomic mass is 10.1. The Labute approximate surface area is 130 Å². The van der Waals surface area contributed by atoms with E-state index in [1.165, 1.54) is 12.1 Å². The van der Waals surface area contributed by atoms with Crippen molar-refractivity contribution in [3.8, 4) is 17.3 Å². The van der Waals surface area contributed by atoms with E-state index < -0.39 is 5.97 Å². The summed E-state index contributed by atoms with van der Waals surface area (Å²) < 4.78 is 1.76. The first-order chi connectivity index (χ1) is 9.67. The maximum atomic E-state index is 10.9. The highest BCUT2D eigenvalue weighted by atomic mass is 79.9. The van der Waals surface area contributed by atoms with E-state index in [9.17, 15) is 4.79 Å². The fraction of sp³-hybridized carbons (Fsp3) is 0. The van der Waals surface area contributed by atoms with Gasteiger partial charge >= 0.3 is 5.97 Å². The number of pyridine rings is 1. The number of fused-ring (bicyclic) bond motifs is 1. The SMILES string of the molecule is Br.N#Cc1ccc(-c2cn3ccc(C(=O)O)cc3n2)cc1. The molecule has 2 heterocycles. The summed E-state index contributed by atoms with van der Waals surface area (Å²) in [6.07, 6.45) is 3.49. The first-order valence-electron chi connectivity index (χ1n) is 5.90. The van der Waals surface area contributed by atoms with Gasteiger partial charge in [0.05, 0.1) is 22.9 Å².